The van der Waals surface area contributed by atoms with Crippen LogP contribution < -0.4 is 4.90 Å². The molecular formula is C16H25N3O4. The van der Waals surface area contributed by atoms with E-state index in [0.29, 0.717) is 6.42 Å². The van der Waals surface area contributed by atoms with Crippen molar-refractivity contribution in [2.75, 3.05) is 45.3 Å². The van der Waals surface area contributed by atoms with E-state index in [2.05, 4.69) is 4.90 Å². The maximum Gasteiger partial charge on any atom is 0.162 e. The molecule has 0 radical (unpaired) electrons. The molecule has 0 N–H and O–H groups in total. The fraction of sp³-hybridized carbons (Fsp3) is 0.562. The van der Waals surface area contributed by atoms with E-state index in [1.54, 1.807) is 0 Å². The summed E-state index contributed by atoms with van der Waals surface area (Å²) in [6.07, 6.45) is 1.54. The Bertz CT molecular complexity index is 497. The maximum atomic E-state index is 11.7. The van der Waals surface area contributed by atoms with Gasteiger partial charge in [0.1, 0.15) is 0 Å². The molecule has 0 aromatic heterocycles. The fourth-order valence-corrected chi connectivity index (χ4v) is 2.05. The summed E-state index contributed by atoms with van der Waals surface area (Å²) in [5.74, 6) is 0.237. The third kappa shape index (κ3) is 6.65. The van der Waals surface area contributed by atoms with Gasteiger partial charge in [-0.15, -0.1) is 5.01 Å². The molecule has 0 aliphatic carbocycles. The standard InChI is InChI=1S/C14H19NO2.C2H6N2O2/c1-2-3-14(16)12-4-6-13(7-5-12)15-8-10-17-11-9-15;1-3(2)4(5)6/h4-7H,2-3,8-11H2,1H3;1-2H3. The monoisotopic (exact) mass is 323 g/mol. The number of ether oxygens (including phenoxy) is 1. The molecule has 7 heteroatoms. The van der Waals surface area contributed by atoms with E-state index in [1.807, 2.05) is 31.2 Å². The van der Waals surface area contributed by atoms with Gasteiger partial charge >= 0.3 is 0 Å². The predicted octanol–water partition coefficient (Wildman–Crippen LogP) is 2.25. The summed E-state index contributed by atoms with van der Waals surface area (Å²) >= 11 is 0. The average Bonchev–Trinajstić information content (AvgIpc) is 2.56. The van der Waals surface area contributed by atoms with Crippen LogP contribution in [-0.2, 0) is 4.74 Å². The van der Waals surface area contributed by atoms with Crippen LogP contribution in [0.3, 0.4) is 0 Å². The van der Waals surface area contributed by atoms with Crippen molar-refractivity contribution in [1.29, 1.82) is 0 Å². The predicted molar refractivity (Wildman–Crippen MR) is 89.4 cm³/mol. The lowest BCUT2D eigenvalue weighted by atomic mass is 10.1. The number of hydrogen-bond acceptors (Lipinski definition) is 5. The summed E-state index contributed by atoms with van der Waals surface area (Å²) in [5, 5.41) is 9.82. The molecule has 1 heterocycles. The number of rotatable bonds is 5. The van der Waals surface area contributed by atoms with Crippen LogP contribution in [0.25, 0.3) is 0 Å². The summed E-state index contributed by atoms with van der Waals surface area (Å²) in [6.45, 7) is 5.47. The Labute approximate surface area is 136 Å². The highest BCUT2D eigenvalue weighted by molar-refractivity contribution is 5.96. The van der Waals surface area contributed by atoms with Crippen molar-refractivity contribution in [2.24, 2.45) is 0 Å². The van der Waals surface area contributed by atoms with Gasteiger partial charge in [-0.25, -0.2) is 10.1 Å². The van der Waals surface area contributed by atoms with Gasteiger partial charge in [0.25, 0.3) is 0 Å². The second kappa shape index (κ2) is 9.78. The molecule has 1 aromatic carbocycles. The zero-order chi connectivity index (χ0) is 17.2. The first kappa shape index (κ1) is 18.9. The van der Waals surface area contributed by atoms with Crippen molar-refractivity contribution >= 4 is 11.5 Å². The van der Waals surface area contributed by atoms with Gasteiger partial charge in [0, 0.05) is 30.8 Å². The Balaban J connectivity index is 0.000000379. The summed E-state index contributed by atoms with van der Waals surface area (Å²) in [4.78, 5) is 23.4. The lowest BCUT2D eigenvalue weighted by molar-refractivity contribution is -0.642. The normalized spacial score (nSPS) is 13.8. The number of hydrazine groups is 1. The minimum Gasteiger partial charge on any atom is -0.378 e. The summed E-state index contributed by atoms with van der Waals surface area (Å²) in [7, 11) is 2.75. The number of ketones is 1. The topological polar surface area (TPSA) is 75.9 Å². The van der Waals surface area contributed by atoms with E-state index >= 15 is 0 Å². The van der Waals surface area contributed by atoms with Crippen molar-refractivity contribution in [2.45, 2.75) is 19.8 Å². The van der Waals surface area contributed by atoms with Gasteiger partial charge in [0.2, 0.25) is 0 Å². The van der Waals surface area contributed by atoms with Crippen molar-refractivity contribution in [3.63, 3.8) is 0 Å². The van der Waals surface area contributed by atoms with E-state index < -0.39 is 5.03 Å². The third-order valence-electron chi connectivity index (χ3n) is 3.37. The van der Waals surface area contributed by atoms with Crippen LogP contribution in [0.4, 0.5) is 5.69 Å². The molecular weight excluding hydrogens is 298 g/mol. The number of nitrogens with zero attached hydrogens (tertiary/aromatic N) is 3. The molecule has 7 nitrogen and oxygen atoms in total. The minimum absolute atomic E-state index is 0.237. The second-order valence-electron chi connectivity index (χ2n) is 5.40. The highest BCUT2D eigenvalue weighted by atomic mass is 16.7. The maximum absolute atomic E-state index is 11.7. The lowest BCUT2D eigenvalue weighted by Crippen LogP contribution is -2.36. The number of benzene rings is 1. The van der Waals surface area contributed by atoms with E-state index in [4.69, 9.17) is 4.74 Å². The zero-order valence-electron chi connectivity index (χ0n) is 14.0. The van der Waals surface area contributed by atoms with Gasteiger partial charge in [0.15, 0.2) is 10.8 Å². The van der Waals surface area contributed by atoms with Crippen molar-refractivity contribution in [1.82, 2.24) is 5.01 Å². The fourth-order valence-electron chi connectivity index (χ4n) is 2.05. The molecule has 1 aromatic rings. The summed E-state index contributed by atoms with van der Waals surface area (Å²) in [6, 6.07) is 7.94. The largest absolute Gasteiger partial charge is 0.378 e. The zero-order valence-corrected chi connectivity index (χ0v) is 14.0. The Morgan fingerprint density at radius 2 is 1.78 bits per heavy atom. The molecule has 23 heavy (non-hydrogen) atoms. The van der Waals surface area contributed by atoms with Crippen LogP contribution >= 0.6 is 0 Å². The van der Waals surface area contributed by atoms with E-state index in [9.17, 15) is 14.9 Å². The molecule has 0 atom stereocenters. The number of anilines is 1. The Kier molecular flexibility index (Phi) is 8.04. The summed E-state index contributed by atoms with van der Waals surface area (Å²) in [5.41, 5.74) is 2.00. The van der Waals surface area contributed by atoms with E-state index in [0.717, 1.165) is 43.3 Å². The van der Waals surface area contributed by atoms with Gasteiger partial charge in [0.05, 0.1) is 27.3 Å². The molecule has 0 bridgehead atoms. The van der Waals surface area contributed by atoms with E-state index in [-0.39, 0.29) is 5.78 Å². The Morgan fingerprint density at radius 1 is 1.26 bits per heavy atom. The van der Waals surface area contributed by atoms with Crippen LogP contribution in [-0.4, -0.2) is 56.2 Å². The first-order valence-electron chi connectivity index (χ1n) is 7.73. The van der Waals surface area contributed by atoms with Gasteiger partial charge < -0.3 is 9.64 Å². The van der Waals surface area contributed by atoms with Crippen molar-refractivity contribution < 1.29 is 14.6 Å². The molecule has 2 rings (SSSR count). The molecule has 0 unspecified atom stereocenters. The van der Waals surface area contributed by atoms with Gasteiger partial charge in [-0.3, -0.25) is 4.79 Å². The highest BCUT2D eigenvalue weighted by Crippen LogP contribution is 2.17. The average molecular weight is 323 g/mol. The molecule has 0 amide bonds. The van der Waals surface area contributed by atoms with Crippen LogP contribution in [0.15, 0.2) is 24.3 Å². The number of carbonyl (C=O) groups is 1. The molecule has 0 saturated carbocycles. The number of nitro groups is 1. The van der Waals surface area contributed by atoms with E-state index in [1.165, 1.54) is 19.8 Å². The first-order valence-corrected chi connectivity index (χ1v) is 7.73. The number of hydrogen-bond donors (Lipinski definition) is 0. The van der Waals surface area contributed by atoms with Crippen molar-refractivity contribution in [3.8, 4) is 0 Å². The smallest absolute Gasteiger partial charge is 0.162 e. The number of carbonyl (C=O) groups excluding carboxylic acids is 1. The highest BCUT2D eigenvalue weighted by Gasteiger charge is 2.11. The molecule has 1 saturated heterocycles. The van der Waals surface area contributed by atoms with Crippen molar-refractivity contribution in [3.05, 3.63) is 39.9 Å². The van der Waals surface area contributed by atoms with Crippen LogP contribution in [0, 0.1) is 10.1 Å². The quantitative estimate of drug-likeness (QED) is 0.470. The minimum atomic E-state index is -0.500. The van der Waals surface area contributed by atoms with Crippen LogP contribution in [0.2, 0.25) is 0 Å². The molecule has 1 aliphatic rings. The SMILES string of the molecule is CCCC(=O)c1ccc(N2CCOCC2)cc1.CN(C)[N+](=O)[O-]. The first-order chi connectivity index (χ1) is 11.0. The molecule has 128 valence electrons. The third-order valence-corrected chi connectivity index (χ3v) is 3.37. The summed E-state index contributed by atoms with van der Waals surface area (Å²) < 4.78 is 5.32. The molecule has 1 aliphatic heterocycles. The lowest BCUT2D eigenvalue weighted by Gasteiger charge is -2.28. The van der Waals surface area contributed by atoms with Gasteiger partial charge in [-0.1, -0.05) is 6.92 Å². The number of morpholine rings is 1. The van der Waals surface area contributed by atoms with Crippen LogP contribution in [0.5, 0.6) is 0 Å². The van der Waals surface area contributed by atoms with Gasteiger partial charge in [-0.05, 0) is 30.7 Å². The second-order valence-corrected chi connectivity index (χ2v) is 5.40. The van der Waals surface area contributed by atoms with Crippen LogP contribution in [0.1, 0.15) is 30.1 Å². The number of Topliss-reactive ketones (excluding diaryl/α,β-unsaturated/α-hetero) is 1. The molecule has 0 spiro atoms. The van der Waals surface area contributed by atoms with Gasteiger partial charge in [-0.2, -0.15) is 0 Å². The molecule has 1 fully saturated rings. The Hall–Kier alpha value is -2.15. The Morgan fingerprint density at radius 3 is 2.22 bits per heavy atom.